The summed E-state index contributed by atoms with van der Waals surface area (Å²) in [7, 11) is 0. The van der Waals surface area contributed by atoms with Crippen LogP contribution in [0.25, 0.3) is 0 Å². The zero-order valence-electron chi connectivity index (χ0n) is 9.37. The van der Waals surface area contributed by atoms with E-state index in [1.807, 2.05) is 16.4 Å². The first-order chi connectivity index (χ1) is 7.04. The first-order valence-corrected chi connectivity index (χ1v) is 6.28. The van der Waals surface area contributed by atoms with Gasteiger partial charge in [0.15, 0.2) is 5.69 Å². The molecule has 0 N–H and O–H groups in total. The Morgan fingerprint density at radius 3 is 2.80 bits per heavy atom. The van der Waals surface area contributed by atoms with Crippen LogP contribution in [0.5, 0.6) is 0 Å². The molecule has 0 aromatic carbocycles. The number of hydrogen-bond donors (Lipinski definition) is 0. The largest absolute Gasteiger partial charge is 0.262 e. The summed E-state index contributed by atoms with van der Waals surface area (Å²) >= 11 is 1.92. The summed E-state index contributed by atoms with van der Waals surface area (Å²) < 4.78 is 2.02. The summed E-state index contributed by atoms with van der Waals surface area (Å²) in [6.45, 7) is 6.38. The summed E-state index contributed by atoms with van der Waals surface area (Å²) in [5, 5.41) is 13.5. The fourth-order valence-corrected chi connectivity index (χ4v) is 2.87. The van der Waals surface area contributed by atoms with E-state index in [4.69, 9.17) is 5.26 Å². The van der Waals surface area contributed by atoms with E-state index in [1.165, 1.54) is 11.3 Å². The molecule has 15 heavy (non-hydrogen) atoms. The second-order valence-electron chi connectivity index (χ2n) is 4.77. The Labute approximate surface area is 94.5 Å². The normalized spacial score (nSPS) is 15.9. The van der Waals surface area contributed by atoms with Crippen molar-refractivity contribution in [2.75, 3.05) is 5.75 Å². The summed E-state index contributed by atoms with van der Waals surface area (Å²) in [6.07, 6.45) is 0.985. The molecule has 0 fully saturated rings. The molecule has 0 bridgehead atoms. The number of thioether (sulfide) groups is 1. The van der Waals surface area contributed by atoms with E-state index >= 15 is 0 Å². The molecule has 0 spiro atoms. The van der Waals surface area contributed by atoms with Crippen LogP contribution in [0.4, 0.5) is 0 Å². The van der Waals surface area contributed by atoms with E-state index in [2.05, 4.69) is 31.9 Å². The molecule has 3 nitrogen and oxygen atoms in total. The van der Waals surface area contributed by atoms with Crippen molar-refractivity contribution < 1.29 is 0 Å². The van der Waals surface area contributed by atoms with Gasteiger partial charge in [0.25, 0.3) is 0 Å². The Hall–Kier alpha value is -0.950. The summed E-state index contributed by atoms with van der Waals surface area (Å²) in [4.78, 5) is 0. The van der Waals surface area contributed by atoms with E-state index in [0.717, 1.165) is 17.9 Å². The van der Waals surface area contributed by atoms with Gasteiger partial charge in [-0.15, -0.1) is 0 Å². The van der Waals surface area contributed by atoms with Crippen LogP contribution in [0.15, 0.2) is 0 Å². The highest BCUT2D eigenvalue weighted by atomic mass is 32.2. The fraction of sp³-hybridized carbons (Fsp3) is 0.636. The second-order valence-corrected chi connectivity index (χ2v) is 5.88. The van der Waals surface area contributed by atoms with Crippen LogP contribution in [0.3, 0.4) is 0 Å². The minimum Gasteiger partial charge on any atom is -0.262 e. The maximum Gasteiger partial charge on any atom is 0.166 e. The Morgan fingerprint density at radius 1 is 1.47 bits per heavy atom. The van der Waals surface area contributed by atoms with Gasteiger partial charge >= 0.3 is 0 Å². The number of nitrogens with zero attached hydrogens (tertiary/aromatic N) is 3. The van der Waals surface area contributed by atoms with Crippen LogP contribution < -0.4 is 0 Å². The van der Waals surface area contributed by atoms with Crippen LogP contribution in [-0.2, 0) is 17.7 Å². The monoisotopic (exact) mass is 221 g/mol. The van der Waals surface area contributed by atoms with Crippen LogP contribution in [-0.4, -0.2) is 15.5 Å². The highest BCUT2D eigenvalue weighted by molar-refractivity contribution is 7.98. The lowest BCUT2D eigenvalue weighted by Gasteiger charge is -2.24. The third-order valence-corrected chi connectivity index (χ3v) is 3.54. The summed E-state index contributed by atoms with van der Waals surface area (Å²) in [5.74, 6) is 2.10. The molecule has 4 heteroatoms. The quantitative estimate of drug-likeness (QED) is 0.675. The molecule has 0 saturated heterocycles. The fourth-order valence-electron chi connectivity index (χ4n) is 1.88. The van der Waals surface area contributed by atoms with Gasteiger partial charge in [-0.25, -0.2) is 0 Å². The molecule has 1 aromatic heterocycles. The predicted octanol–water partition coefficient (Wildman–Crippen LogP) is 2.30. The van der Waals surface area contributed by atoms with Gasteiger partial charge in [0.1, 0.15) is 6.07 Å². The number of fused-ring (bicyclic) bond motifs is 1. The lowest BCUT2D eigenvalue weighted by Crippen LogP contribution is -2.26. The maximum absolute atomic E-state index is 9.04. The molecule has 0 aliphatic carbocycles. The average molecular weight is 221 g/mol. The molecule has 1 aliphatic heterocycles. The number of rotatable bonds is 0. The molecule has 2 rings (SSSR count). The predicted molar refractivity (Wildman–Crippen MR) is 61.8 cm³/mol. The molecular formula is C11H15N3S. The summed E-state index contributed by atoms with van der Waals surface area (Å²) in [6, 6.07) is 2.21. The first-order valence-electron chi connectivity index (χ1n) is 5.13. The molecule has 0 amide bonds. The Bertz CT molecular complexity index is 420. The molecule has 1 aliphatic rings. The van der Waals surface area contributed by atoms with Crippen molar-refractivity contribution in [3.8, 4) is 6.07 Å². The summed E-state index contributed by atoms with van der Waals surface area (Å²) in [5.41, 5.74) is 3.01. The van der Waals surface area contributed by atoms with Crippen molar-refractivity contribution in [1.29, 1.82) is 5.26 Å². The molecule has 0 unspecified atom stereocenters. The van der Waals surface area contributed by atoms with Crippen LogP contribution >= 0.6 is 11.8 Å². The Kier molecular flexibility index (Phi) is 2.51. The minimum absolute atomic E-state index is 0.0307. The third kappa shape index (κ3) is 1.76. The van der Waals surface area contributed by atoms with Gasteiger partial charge in [-0.1, -0.05) is 0 Å². The third-order valence-electron chi connectivity index (χ3n) is 2.57. The van der Waals surface area contributed by atoms with E-state index < -0.39 is 0 Å². The lowest BCUT2D eigenvalue weighted by atomic mass is 10.1. The van der Waals surface area contributed by atoms with Gasteiger partial charge in [-0.05, 0) is 32.9 Å². The number of hydrogen-bond acceptors (Lipinski definition) is 3. The molecule has 0 radical (unpaired) electrons. The van der Waals surface area contributed by atoms with Gasteiger partial charge in [-0.3, -0.25) is 4.68 Å². The van der Waals surface area contributed by atoms with Crippen molar-refractivity contribution in [2.24, 2.45) is 0 Å². The highest BCUT2D eigenvalue weighted by Gasteiger charge is 2.26. The van der Waals surface area contributed by atoms with Crippen molar-refractivity contribution in [1.82, 2.24) is 9.78 Å². The molecule has 2 heterocycles. The van der Waals surface area contributed by atoms with E-state index in [0.29, 0.717) is 5.69 Å². The van der Waals surface area contributed by atoms with Gasteiger partial charge in [0.2, 0.25) is 0 Å². The van der Waals surface area contributed by atoms with E-state index in [1.54, 1.807) is 0 Å². The smallest absolute Gasteiger partial charge is 0.166 e. The maximum atomic E-state index is 9.04. The van der Waals surface area contributed by atoms with Crippen LogP contribution in [0.2, 0.25) is 0 Å². The minimum atomic E-state index is -0.0307. The lowest BCUT2D eigenvalue weighted by molar-refractivity contribution is 0.346. The van der Waals surface area contributed by atoms with Crippen molar-refractivity contribution in [2.45, 2.75) is 38.5 Å². The molecule has 1 aromatic rings. The second kappa shape index (κ2) is 3.57. The highest BCUT2D eigenvalue weighted by Crippen LogP contribution is 2.30. The molecule has 0 saturated carbocycles. The standard InChI is InChI=1S/C11H15N3S/c1-11(2,3)14-10-7-15-5-4-8(10)9(6-12)13-14/h4-5,7H2,1-3H3. The number of aromatic nitrogens is 2. The van der Waals surface area contributed by atoms with Gasteiger partial charge in [0, 0.05) is 11.3 Å². The van der Waals surface area contributed by atoms with Crippen molar-refractivity contribution in [3.63, 3.8) is 0 Å². The van der Waals surface area contributed by atoms with Crippen molar-refractivity contribution in [3.05, 3.63) is 17.0 Å². The zero-order chi connectivity index (χ0) is 11.1. The van der Waals surface area contributed by atoms with Crippen LogP contribution in [0.1, 0.15) is 37.7 Å². The van der Waals surface area contributed by atoms with E-state index in [9.17, 15) is 0 Å². The van der Waals surface area contributed by atoms with E-state index in [-0.39, 0.29) is 5.54 Å². The molecule has 0 atom stereocenters. The Morgan fingerprint density at radius 2 is 2.20 bits per heavy atom. The molecule has 80 valence electrons. The molecular weight excluding hydrogens is 206 g/mol. The van der Waals surface area contributed by atoms with Crippen LogP contribution in [0, 0.1) is 11.3 Å². The number of nitriles is 1. The first kappa shape index (κ1) is 10.6. The van der Waals surface area contributed by atoms with Gasteiger partial charge in [0.05, 0.1) is 11.2 Å². The topological polar surface area (TPSA) is 41.6 Å². The zero-order valence-corrected chi connectivity index (χ0v) is 10.2. The van der Waals surface area contributed by atoms with Gasteiger partial charge < -0.3 is 0 Å². The SMILES string of the molecule is CC(C)(C)n1nc(C#N)c2c1CSCC2. The Balaban J connectivity index is 2.58. The van der Waals surface area contributed by atoms with Crippen molar-refractivity contribution >= 4 is 11.8 Å². The average Bonchev–Trinajstić information content (AvgIpc) is 2.55. The van der Waals surface area contributed by atoms with Gasteiger partial charge in [-0.2, -0.15) is 22.1 Å².